The number of likely N-dealkylation sites (tertiary alicyclic amines) is 1. The summed E-state index contributed by atoms with van der Waals surface area (Å²) in [5, 5.41) is 18.7. The summed E-state index contributed by atoms with van der Waals surface area (Å²) in [5.41, 5.74) is 5.51. The summed E-state index contributed by atoms with van der Waals surface area (Å²) in [6.07, 6.45) is 0.848. The molecule has 2 heterocycles. The quantitative estimate of drug-likeness (QED) is 0.779. The molecule has 2 unspecified atom stereocenters. The smallest absolute Gasteiger partial charge is 0.203 e. The maximum Gasteiger partial charge on any atom is 0.203 e. The van der Waals surface area contributed by atoms with E-state index in [4.69, 9.17) is 5.73 Å². The summed E-state index contributed by atoms with van der Waals surface area (Å²) >= 11 is 1.44. The molecule has 6 heteroatoms. The fourth-order valence-electron chi connectivity index (χ4n) is 1.92. The van der Waals surface area contributed by atoms with Gasteiger partial charge in [-0.25, -0.2) is 0 Å². The molecule has 1 aliphatic rings. The van der Waals surface area contributed by atoms with Crippen molar-refractivity contribution in [1.29, 1.82) is 0 Å². The highest BCUT2D eigenvalue weighted by molar-refractivity contribution is 7.15. The Balaban J connectivity index is 1.87. The van der Waals surface area contributed by atoms with Crippen molar-refractivity contribution < 1.29 is 5.11 Å². The monoisotopic (exact) mass is 228 g/mol. The molecule has 1 fully saturated rings. The van der Waals surface area contributed by atoms with Crippen LogP contribution in [0.15, 0.2) is 0 Å². The Hall–Kier alpha value is -0.720. The number of rotatable bonds is 3. The third kappa shape index (κ3) is 2.64. The van der Waals surface area contributed by atoms with E-state index in [1.54, 1.807) is 0 Å². The van der Waals surface area contributed by atoms with Crippen molar-refractivity contribution in [3.8, 4) is 0 Å². The van der Waals surface area contributed by atoms with Crippen LogP contribution < -0.4 is 5.73 Å². The van der Waals surface area contributed by atoms with Crippen molar-refractivity contribution in [3.05, 3.63) is 5.01 Å². The number of aliphatic hydroxyl groups is 1. The lowest BCUT2D eigenvalue weighted by Crippen LogP contribution is -2.23. The van der Waals surface area contributed by atoms with Crippen molar-refractivity contribution in [2.24, 2.45) is 5.92 Å². The van der Waals surface area contributed by atoms with Gasteiger partial charge in [-0.05, 0) is 25.8 Å². The third-order valence-electron chi connectivity index (χ3n) is 2.83. The van der Waals surface area contributed by atoms with Crippen LogP contribution in [0.1, 0.15) is 18.4 Å². The number of nitrogens with two attached hydrogens (primary N) is 1. The minimum atomic E-state index is -0.213. The predicted octanol–water partition coefficient (Wildman–Crippen LogP) is 0.323. The van der Waals surface area contributed by atoms with Gasteiger partial charge in [0.25, 0.3) is 0 Å². The second kappa shape index (κ2) is 4.42. The van der Waals surface area contributed by atoms with Crippen molar-refractivity contribution in [2.45, 2.75) is 26.0 Å². The number of aromatic nitrogens is 2. The van der Waals surface area contributed by atoms with Crippen LogP contribution in [-0.2, 0) is 6.54 Å². The van der Waals surface area contributed by atoms with E-state index in [2.05, 4.69) is 15.1 Å². The molecule has 2 atom stereocenters. The fourth-order valence-corrected chi connectivity index (χ4v) is 2.57. The summed E-state index contributed by atoms with van der Waals surface area (Å²) in [5.74, 6) is 0.398. The van der Waals surface area contributed by atoms with Gasteiger partial charge in [0.05, 0.1) is 12.6 Å². The van der Waals surface area contributed by atoms with E-state index in [9.17, 15) is 5.11 Å². The molecule has 0 bridgehead atoms. The Kier molecular flexibility index (Phi) is 3.18. The first-order chi connectivity index (χ1) is 7.15. The summed E-state index contributed by atoms with van der Waals surface area (Å²) < 4.78 is 0. The number of anilines is 1. The van der Waals surface area contributed by atoms with Crippen LogP contribution >= 0.6 is 11.3 Å². The maximum absolute atomic E-state index is 9.47. The Morgan fingerprint density at radius 1 is 1.67 bits per heavy atom. The van der Waals surface area contributed by atoms with Crippen LogP contribution in [0, 0.1) is 5.92 Å². The van der Waals surface area contributed by atoms with E-state index in [-0.39, 0.29) is 6.10 Å². The average Bonchev–Trinajstić information content (AvgIpc) is 2.76. The summed E-state index contributed by atoms with van der Waals surface area (Å²) in [6.45, 7) is 4.63. The zero-order valence-corrected chi connectivity index (χ0v) is 9.57. The van der Waals surface area contributed by atoms with Gasteiger partial charge in [-0.3, -0.25) is 4.90 Å². The molecule has 0 spiro atoms. The normalized spacial score (nSPS) is 24.5. The van der Waals surface area contributed by atoms with Gasteiger partial charge in [-0.2, -0.15) is 0 Å². The predicted molar refractivity (Wildman–Crippen MR) is 59.4 cm³/mol. The highest BCUT2D eigenvalue weighted by atomic mass is 32.1. The molecule has 1 aromatic rings. The van der Waals surface area contributed by atoms with E-state index >= 15 is 0 Å². The summed E-state index contributed by atoms with van der Waals surface area (Å²) in [4.78, 5) is 2.29. The van der Waals surface area contributed by atoms with Crippen molar-refractivity contribution in [2.75, 3.05) is 18.8 Å². The fraction of sp³-hybridized carbons (Fsp3) is 0.778. The lowest BCUT2D eigenvalue weighted by atomic mass is 10.0. The molecular formula is C9H16N4OS. The number of aliphatic hydroxyl groups excluding tert-OH is 1. The van der Waals surface area contributed by atoms with Gasteiger partial charge in [0.15, 0.2) is 0 Å². The lowest BCUT2D eigenvalue weighted by Gasteiger charge is -2.15. The molecule has 1 aliphatic heterocycles. The van der Waals surface area contributed by atoms with Gasteiger partial charge < -0.3 is 10.8 Å². The first-order valence-corrected chi connectivity index (χ1v) is 5.95. The van der Waals surface area contributed by atoms with Crippen molar-refractivity contribution >= 4 is 16.5 Å². The first kappa shape index (κ1) is 10.8. The van der Waals surface area contributed by atoms with E-state index in [0.717, 1.165) is 31.1 Å². The third-order valence-corrected chi connectivity index (χ3v) is 3.57. The molecule has 0 aliphatic carbocycles. The molecule has 15 heavy (non-hydrogen) atoms. The van der Waals surface area contributed by atoms with E-state index < -0.39 is 0 Å². The zero-order chi connectivity index (χ0) is 10.8. The molecule has 1 aromatic heterocycles. The van der Waals surface area contributed by atoms with Crippen LogP contribution in [0.5, 0.6) is 0 Å². The molecule has 0 amide bonds. The van der Waals surface area contributed by atoms with E-state index in [0.29, 0.717) is 11.0 Å². The molecule has 0 radical (unpaired) electrons. The highest BCUT2D eigenvalue weighted by Gasteiger charge is 2.26. The van der Waals surface area contributed by atoms with Crippen LogP contribution in [0.3, 0.4) is 0 Å². The van der Waals surface area contributed by atoms with Crippen LogP contribution in [0.2, 0.25) is 0 Å². The van der Waals surface area contributed by atoms with Crippen LogP contribution in [0.4, 0.5) is 5.13 Å². The van der Waals surface area contributed by atoms with Crippen molar-refractivity contribution in [1.82, 2.24) is 15.1 Å². The molecule has 1 saturated heterocycles. The van der Waals surface area contributed by atoms with Crippen LogP contribution in [0.25, 0.3) is 0 Å². The van der Waals surface area contributed by atoms with E-state index in [1.165, 1.54) is 11.3 Å². The van der Waals surface area contributed by atoms with E-state index in [1.807, 2.05) is 6.92 Å². The van der Waals surface area contributed by atoms with Gasteiger partial charge in [0.2, 0.25) is 5.13 Å². The lowest BCUT2D eigenvalue weighted by molar-refractivity contribution is 0.127. The zero-order valence-electron chi connectivity index (χ0n) is 8.76. The molecule has 84 valence electrons. The van der Waals surface area contributed by atoms with Crippen molar-refractivity contribution in [3.63, 3.8) is 0 Å². The molecule has 3 N–H and O–H groups in total. The summed E-state index contributed by atoms with van der Waals surface area (Å²) in [6, 6.07) is 0. The molecule has 0 aromatic carbocycles. The van der Waals surface area contributed by atoms with Gasteiger partial charge in [0, 0.05) is 6.54 Å². The molecule has 0 saturated carbocycles. The Morgan fingerprint density at radius 2 is 2.47 bits per heavy atom. The SMILES string of the molecule is CC(O)C1CCN(Cc2nnc(N)s2)C1. The maximum atomic E-state index is 9.47. The molecule has 5 nitrogen and oxygen atoms in total. The average molecular weight is 228 g/mol. The number of hydrogen-bond donors (Lipinski definition) is 2. The van der Waals surface area contributed by atoms with Gasteiger partial charge in [-0.1, -0.05) is 11.3 Å². The second-order valence-electron chi connectivity index (χ2n) is 4.06. The van der Waals surface area contributed by atoms with Gasteiger partial charge >= 0.3 is 0 Å². The number of hydrogen-bond acceptors (Lipinski definition) is 6. The highest BCUT2D eigenvalue weighted by Crippen LogP contribution is 2.22. The van der Waals surface area contributed by atoms with Gasteiger partial charge in [-0.15, -0.1) is 10.2 Å². The molecule has 2 rings (SSSR count). The standard InChI is InChI=1S/C9H16N4OS/c1-6(14)7-2-3-13(4-7)5-8-11-12-9(10)15-8/h6-7,14H,2-5H2,1H3,(H2,10,12). The first-order valence-electron chi connectivity index (χ1n) is 5.13. The van der Waals surface area contributed by atoms with Gasteiger partial charge in [0.1, 0.15) is 5.01 Å². The minimum absolute atomic E-state index is 0.213. The Morgan fingerprint density at radius 3 is 3.00 bits per heavy atom. The largest absolute Gasteiger partial charge is 0.393 e. The summed E-state index contributed by atoms with van der Waals surface area (Å²) in [7, 11) is 0. The topological polar surface area (TPSA) is 75.3 Å². The second-order valence-corrected chi connectivity index (χ2v) is 5.15. The number of nitrogens with zero attached hydrogens (tertiary/aromatic N) is 3. The molecular weight excluding hydrogens is 212 g/mol. The Bertz CT molecular complexity index is 328. The minimum Gasteiger partial charge on any atom is -0.393 e. The Labute approximate surface area is 92.9 Å². The number of nitrogen functional groups attached to an aromatic ring is 1. The van der Waals surface area contributed by atoms with Crippen LogP contribution in [-0.4, -0.2) is 39.4 Å².